The third-order valence-corrected chi connectivity index (χ3v) is 4.88. The molecule has 1 saturated heterocycles. The minimum Gasteiger partial charge on any atom is -0.370 e. The summed E-state index contributed by atoms with van der Waals surface area (Å²) in [6.45, 7) is 2.10. The number of piperidine rings is 1. The molecule has 4 rings (SSSR count). The fraction of sp³-hybridized carbons (Fsp3) is 0.316. The maximum absolute atomic E-state index is 12.6. The Morgan fingerprint density at radius 3 is 2.77 bits per heavy atom. The summed E-state index contributed by atoms with van der Waals surface area (Å²) in [4.78, 5) is 14.9. The van der Waals surface area contributed by atoms with E-state index in [1.54, 1.807) is 4.68 Å². The zero-order chi connectivity index (χ0) is 17.9. The van der Waals surface area contributed by atoms with Crippen LogP contribution in [0.4, 0.5) is 11.4 Å². The van der Waals surface area contributed by atoms with E-state index in [0.29, 0.717) is 5.02 Å². The zero-order valence-corrected chi connectivity index (χ0v) is 15.1. The molecule has 3 aromatic rings. The average Bonchev–Trinajstić information content (AvgIpc) is 3.05. The molecule has 0 bridgehead atoms. The molecule has 6 nitrogen and oxygen atoms in total. The topological polar surface area (TPSA) is 63.1 Å². The number of carbonyl (C=O) groups is 1. The minimum atomic E-state index is -0.152. The number of rotatable bonds is 4. The van der Waals surface area contributed by atoms with Crippen LogP contribution in [-0.4, -0.2) is 34.0 Å². The number of halogens is 1. The molecule has 1 aromatic heterocycles. The van der Waals surface area contributed by atoms with E-state index in [4.69, 9.17) is 11.6 Å². The van der Waals surface area contributed by atoms with Gasteiger partial charge in [-0.05, 0) is 49.6 Å². The number of hydrogen-bond acceptors (Lipinski definition) is 4. The first-order valence-corrected chi connectivity index (χ1v) is 9.21. The van der Waals surface area contributed by atoms with Gasteiger partial charge in [0.1, 0.15) is 12.1 Å². The van der Waals surface area contributed by atoms with Gasteiger partial charge in [-0.2, -0.15) is 0 Å². The van der Waals surface area contributed by atoms with Crippen LogP contribution >= 0.6 is 11.6 Å². The summed E-state index contributed by atoms with van der Waals surface area (Å²) < 4.78 is 1.61. The monoisotopic (exact) mass is 369 g/mol. The third-order valence-electron chi connectivity index (χ3n) is 4.64. The third kappa shape index (κ3) is 3.51. The van der Waals surface area contributed by atoms with E-state index >= 15 is 0 Å². The van der Waals surface area contributed by atoms with E-state index in [-0.39, 0.29) is 12.5 Å². The van der Waals surface area contributed by atoms with Crippen LogP contribution in [0.3, 0.4) is 0 Å². The van der Waals surface area contributed by atoms with Gasteiger partial charge in [-0.15, -0.1) is 5.10 Å². The molecule has 1 aliphatic heterocycles. The van der Waals surface area contributed by atoms with Crippen molar-refractivity contribution < 1.29 is 4.79 Å². The van der Waals surface area contributed by atoms with Crippen LogP contribution in [0.1, 0.15) is 19.3 Å². The first-order chi connectivity index (χ1) is 12.7. The smallest absolute Gasteiger partial charge is 0.246 e. The van der Waals surface area contributed by atoms with E-state index in [2.05, 4.69) is 20.5 Å². The van der Waals surface area contributed by atoms with Gasteiger partial charge in [0.25, 0.3) is 0 Å². The number of hydrogen-bond donors (Lipinski definition) is 1. The summed E-state index contributed by atoms with van der Waals surface area (Å²) in [5.41, 5.74) is 3.38. The lowest BCUT2D eigenvalue weighted by molar-refractivity contribution is -0.116. The Bertz CT molecular complexity index is 933. The standard InChI is InChI=1S/C19H20ClN5O/c20-14-8-9-17(24-10-4-1-5-11-24)16(12-14)21-19(26)13-25-18-7-3-2-6-15(18)22-23-25/h2-3,6-9,12H,1,4-5,10-11,13H2,(H,21,26). The van der Waals surface area contributed by atoms with Crippen molar-refractivity contribution in [3.05, 3.63) is 47.5 Å². The molecule has 1 fully saturated rings. The Morgan fingerprint density at radius 2 is 1.92 bits per heavy atom. The van der Waals surface area contributed by atoms with Gasteiger partial charge in [0.05, 0.1) is 16.9 Å². The van der Waals surface area contributed by atoms with E-state index in [1.807, 2.05) is 42.5 Å². The Balaban J connectivity index is 1.54. The van der Waals surface area contributed by atoms with E-state index in [0.717, 1.165) is 35.5 Å². The van der Waals surface area contributed by atoms with Crippen molar-refractivity contribution >= 4 is 39.9 Å². The summed E-state index contributed by atoms with van der Waals surface area (Å²) in [6, 6.07) is 13.2. The molecule has 0 unspecified atom stereocenters. The van der Waals surface area contributed by atoms with Gasteiger partial charge in [-0.25, -0.2) is 4.68 Å². The van der Waals surface area contributed by atoms with Crippen molar-refractivity contribution in [3.63, 3.8) is 0 Å². The Hall–Kier alpha value is -2.60. The maximum Gasteiger partial charge on any atom is 0.246 e. The number of amides is 1. The number of fused-ring (bicyclic) bond motifs is 1. The lowest BCUT2D eigenvalue weighted by atomic mass is 10.1. The van der Waals surface area contributed by atoms with Gasteiger partial charge >= 0.3 is 0 Å². The second kappa shape index (κ2) is 7.33. The molecular formula is C19H20ClN5O. The summed E-state index contributed by atoms with van der Waals surface area (Å²) in [5, 5.41) is 11.8. The molecule has 134 valence electrons. The maximum atomic E-state index is 12.6. The number of aromatic nitrogens is 3. The minimum absolute atomic E-state index is 0.104. The number of nitrogens with zero attached hydrogens (tertiary/aromatic N) is 4. The fourth-order valence-corrected chi connectivity index (χ4v) is 3.55. The number of para-hydroxylation sites is 1. The fourth-order valence-electron chi connectivity index (χ4n) is 3.38. The number of benzene rings is 2. The first kappa shape index (κ1) is 16.8. The number of carbonyl (C=O) groups excluding carboxylic acids is 1. The van der Waals surface area contributed by atoms with Gasteiger partial charge < -0.3 is 10.2 Å². The predicted molar refractivity (Wildman–Crippen MR) is 104 cm³/mol. The molecule has 0 radical (unpaired) electrons. The van der Waals surface area contributed by atoms with Crippen LogP contribution in [0.25, 0.3) is 11.0 Å². The highest BCUT2D eigenvalue weighted by Crippen LogP contribution is 2.31. The van der Waals surface area contributed by atoms with Crippen molar-refractivity contribution in [3.8, 4) is 0 Å². The lowest BCUT2D eigenvalue weighted by Crippen LogP contribution is -2.30. The van der Waals surface area contributed by atoms with Crippen LogP contribution in [0, 0.1) is 0 Å². The summed E-state index contributed by atoms with van der Waals surface area (Å²) in [7, 11) is 0. The van der Waals surface area contributed by atoms with E-state index in [1.165, 1.54) is 19.3 Å². The second-order valence-corrected chi connectivity index (χ2v) is 6.93. The molecule has 0 spiro atoms. The average molecular weight is 370 g/mol. The Morgan fingerprint density at radius 1 is 1.12 bits per heavy atom. The lowest BCUT2D eigenvalue weighted by Gasteiger charge is -2.30. The largest absolute Gasteiger partial charge is 0.370 e. The van der Waals surface area contributed by atoms with Crippen LogP contribution in [0.2, 0.25) is 5.02 Å². The molecule has 0 aliphatic carbocycles. The van der Waals surface area contributed by atoms with Crippen molar-refractivity contribution in [1.29, 1.82) is 0 Å². The van der Waals surface area contributed by atoms with E-state index in [9.17, 15) is 4.79 Å². The molecule has 0 atom stereocenters. The predicted octanol–water partition coefficient (Wildman–Crippen LogP) is 3.71. The second-order valence-electron chi connectivity index (χ2n) is 6.49. The van der Waals surface area contributed by atoms with Gasteiger partial charge in [0, 0.05) is 18.1 Å². The Kier molecular flexibility index (Phi) is 4.75. The highest BCUT2D eigenvalue weighted by Gasteiger charge is 2.17. The molecule has 26 heavy (non-hydrogen) atoms. The van der Waals surface area contributed by atoms with Gasteiger partial charge in [0.15, 0.2) is 0 Å². The highest BCUT2D eigenvalue weighted by atomic mass is 35.5. The summed E-state index contributed by atoms with van der Waals surface area (Å²) in [6.07, 6.45) is 3.59. The van der Waals surface area contributed by atoms with Gasteiger partial charge in [-0.3, -0.25) is 4.79 Å². The zero-order valence-electron chi connectivity index (χ0n) is 14.4. The van der Waals surface area contributed by atoms with Gasteiger partial charge in [-0.1, -0.05) is 28.9 Å². The number of anilines is 2. The van der Waals surface area contributed by atoms with Crippen LogP contribution in [0.15, 0.2) is 42.5 Å². The first-order valence-electron chi connectivity index (χ1n) is 8.83. The van der Waals surface area contributed by atoms with Crippen molar-refractivity contribution in [1.82, 2.24) is 15.0 Å². The molecule has 2 aromatic carbocycles. The van der Waals surface area contributed by atoms with Crippen LogP contribution < -0.4 is 10.2 Å². The molecule has 2 heterocycles. The van der Waals surface area contributed by atoms with Crippen LogP contribution in [-0.2, 0) is 11.3 Å². The SMILES string of the molecule is O=C(Cn1nnc2ccccc21)Nc1cc(Cl)ccc1N1CCCCC1. The summed E-state index contributed by atoms with van der Waals surface area (Å²) >= 11 is 6.16. The molecule has 1 N–H and O–H groups in total. The van der Waals surface area contributed by atoms with Crippen molar-refractivity contribution in [2.45, 2.75) is 25.8 Å². The molecule has 7 heteroatoms. The molecule has 0 saturated carbocycles. The Labute approximate surface area is 156 Å². The highest BCUT2D eigenvalue weighted by molar-refractivity contribution is 6.31. The van der Waals surface area contributed by atoms with Crippen LogP contribution in [0.5, 0.6) is 0 Å². The summed E-state index contributed by atoms with van der Waals surface area (Å²) in [5.74, 6) is -0.152. The molecular weight excluding hydrogens is 350 g/mol. The van der Waals surface area contributed by atoms with Crippen molar-refractivity contribution in [2.75, 3.05) is 23.3 Å². The normalized spacial score (nSPS) is 14.6. The van der Waals surface area contributed by atoms with Crippen molar-refractivity contribution in [2.24, 2.45) is 0 Å². The molecule has 1 amide bonds. The quantitative estimate of drug-likeness (QED) is 0.761. The number of nitrogens with one attached hydrogen (secondary N) is 1. The van der Waals surface area contributed by atoms with E-state index < -0.39 is 0 Å². The van der Waals surface area contributed by atoms with Gasteiger partial charge in [0.2, 0.25) is 5.91 Å². The molecule has 1 aliphatic rings.